The number of amides is 1. The van der Waals surface area contributed by atoms with Crippen LogP contribution in [0, 0.1) is 0 Å². The van der Waals surface area contributed by atoms with E-state index < -0.39 is 0 Å². The predicted molar refractivity (Wildman–Crippen MR) is 74.9 cm³/mol. The lowest BCUT2D eigenvalue weighted by molar-refractivity contribution is -0.144. The van der Waals surface area contributed by atoms with E-state index in [1.165, 1.54) is 0 Å². The lowest BCUT2D eigenvalue weighted by Crippen LogP contribution is -2.72. The van der Waals surface area contributed by atoms with Crippen molar-refractivity contribution < 1.29 is 9.90 Å². The molecule has 2 aliphatic heterocycles. The second kappa shape index (κ2) is 5.38. The summed E-state index contributed by atoms with van der Waals surface area (Å²) in [6.07, 6.45) is 0. The van der Waals surface area contributed by atoms with Gasteiger partial charge in [-0.05, 0) is 20.8 Å². The van der Waals surface area contributed by atoms with Crippen LogP contribution in [0.2, 0.25) is 0 Å². The summed E-state index contributed by atoms with van der Waals surface area (Å²) < 4.78 is 0. The molecule has 0 radical (unpaired) electrons. The number of aliphatic hydroxyl groups is 1. The molecule has 2 aliphatic rings. The second-order valence-corrected chi connectivity index (χ2v) is 6.49. The van der Waals surface area contributed by atoms with Crippen molar-refractivity contribution >= 4 is 5.91 Å². The van der Waals surface area contributed by atoms with Gasteiger partial charge in [-0.15, -0.1) is 0 Å². The molecule has 1 N–H and O–H groups in total. The van der Waals surface area contributed by atoms with E-state index in [0.29, 0.717) is 18.6 Å². The molecule has 2 saturated heterocycles. The first-order chi connectivity index (χ1) is 8.87. The van der Waals surface area contributed by atoms with E-state index in [-0.39, 0.29) is 18.1 Å². The number of piperazine rings is 2. The largest absolute Gasteiger partial charge is 0.394 e. The summed E-state index contributed by atoms with van der Waals surface area (Å²) in [5.74, 6) is 0.112. The van der Waals surface area contributed by atoms with E-state index in [4.69, 9.17) is 0 Å². The van der Waals surface area contributed by atoms with Crippen molar-refractivity contribution in [2.45, 2.75) is 45.3 Å². The van der Waals surface area contributed by atoms with Crippen molar-refractivity contribution in [3.63, 3.8) is 0 Å². The molecule has 0 aromatic carbocycles. The van der Waals surface area contributed by atoms with Crippen LogP contribution in [0.3, 0.4) is 0 Å². The van der Waals surface area contributed by atoms with Crippen molar-refractivity contribution in [3.8, 4) is 0 Å². The first-order valence-electron chi connectivity index (χ1n) is 7.24. The van der Waals surface area contributed by atoms with E-state index in [0.717, 1.165) is 26.2 Å². The van der Waals surface area contributed by atoms with Gasteiger partial charge in [0, 0.05) is 51.7 Å². The van der Waals surface area contributed by atoms with E-state index in [2.05, 4.69) is 30.6 Å². The zero-order chi connectivity index (χ0) is 14.2. The Bertz CT molecular complexity index is 348. The molecule has 2 heterocycles. The van der Waals surface area contributed by atoms with E-state index in [9.17, 15) is 9.90 Å². The van der Waals surface area contributed by atoms with Crippen molar-refractivity contribution in [2.24, 2.45) is 0 Å². The molecule has 0 aliphatic carbocycles. The fraction of sp³-hybridized carbons (Fsp3) is 0.929. The summed E-state index contributed by atoms with van der Waals surface area (Å²) >= 11 is 0. The molecule has 2 atom stereocenters. The number of nitrogens with zero attached hydrogens (tertiary/aromatic N) is 3. The molecule has 110 valence electrons. The molecule has 0 unspecified atom stereocenters. The number of hydrogen-bond acceptors (Lipinski definition) is 4. The molecule has 0 saturated carbocycles. The summed E-state index contributed by atoms with van der Waals surface area (Å²) in [7, 11) is 0. The molecule has 0 aromatic rings. The maximum absolute atomic E-state index is 11.7. The summed E-state index contributed by atoms with van der Waals surface area (Å²) in [6, 6.07) is 0.876. The highest BCUT2D eigenvalue weighted by Gasteiger charge is 2.45. The lowest BCUT2D eigenvalue weighted by atomic mass is 9.91. The Labute approximate surface area is 116 Å². The van der Waals surface area contributed by atoms with Crippen LogP contribution in [0.4, 0.5) is 0 Å². The standard InChI is InChI=1S/C14H27N3O2/c1-11(2)15-5-6-17-13(7-15)8-16(12(3)19)9-14(17,4)10-18/h11,13,18H,5-10H2,1-4H3/t13-,14-/m0/s1. The third kappa shape index (κ3) is 2.78. The third-order valence-electron chi connectivity index (χ3n) is 4.69. The van der Waals surface area contributed by atoms with Crippen molar-refractivity contribution in [3.05, 3.63) is 0 Å². The highest BCUT2D eigenvalue weighted by atomic mass is 16.3. The molecule has 0 spiro atoms. The van der Waals surface area contributed by atoms with Gasteiger partial charge in [-0.2, -0.15) is 0 Å². The van der Waals surface area contributed by atoms with Crippen LogP contribution in [0.1, 0.15) is 27.7 Å². The molecular formula is C14H27N3O2. The molecule has 1 amide bonds. The van der Waals surface area contributed by atoms with Crippen molar-refractivity contribution in [1.82, 2.24) is 14.7 Å². The average Bonchev–Trinajstić information content (AvgIpc) is 2.37. The molecule has 5 heteroatoms. The van der Waals surface area contributed by atoms with Crippen LogP contribution in [0.15, 0.2) is 0 Å². The van der Waals surface area contributed by atoms with E-state index >= 15 is 0 Å². The average molecular weight is 269 g/mol. The Balaban J connectivity index is 2.17. The molecule has 0 bridgehead atoms. The normalized spacial score (nSPS) is 33.6. The Kier molecular flexibility index (Phi) is 4.18. The minimum absolute atomic E-state index is 0.106. The van der Waals surface area contributed by atoms with Crippen LogP contribution < -0.4 is 0 Å². The quantitative estimate of drug-likeness (QED) is 0.766. The van der Waals surface area contributed by atoms with Gasteiger partial charge in [0.05, 0.1) is 12.1 Å². The Morgan fingerprint density at radius 2 is 2.05 bits per heavy atom. The van der Waals surface area contributed by atoms with E-state index in [1.54, 1.807) is 6.92 Å². The lowest BCUT2D eigenvalue weighted by Gasteiger charge is -2.56. The Hall–Kier alpha value is -0.650. The van der Waals surface area contributed by atoms with Gasteiger partial charge in [0.25, 0.3) is 0 Å². The van der Waals surface area contributed by atoms with E-state index in [1.807, 2.05) is 4.90 Å². The molecular weight excluding hydrogens is 242 g/mol. The van der Waals surface area contributed by atoms with Crippen LogP contribution >= 0.6 is 0 Å². The first kappa shape index (κ1) is 14.8. The second-order valence-electron chi connectivity index (χ2n) is 6.49. The zero-order valence-corrected chi connectivity index (χ0v) is 12.6. The van der Waals surface area contributed by atoms with Crippen LogP contribution in [0.25, 0.3) is 0 Å². The molecule has 5 nitrogen and oxygen atoms in total. The molecule has 2 fully saturated rings. The summed E-state index contributed by atoms with van der Waals surface area (Å²) in [4.78, 5) is 18.5. The molecule has 19 heavy (non-hydrogen) atoms. The number of carbonyl (C=O) groups excluding carboxylic acids is 1. The highest BCUT2D eigenvalue weighted by molar-refractivity contribution is 5.73. The summed E-state index contributed by atoms with van der Waals surface area (Å²) in [5, 5.41) is 9.77. The smallest absolute Gasteiger partial charge is 0.219 e. The maximum Gasteiger partial charge on any atom is 0.219 e. The number of hydrogen-bond donors (Lipinski definition) is 1. The zero-order valence-electron chi connectivity index (χ0n) is 12.6. The predicted octanol–water partition coefficient (Wildman–Crippen LogP) is -0.00590. The minimum atomic E-state index is -0.294. The van der Waals surface area contributed by atoms with Gasteiger partial charge < -0.3 is 10.0 Å². The first-order valence-corrected chi connectivity index (χ1v) is 7.24. The number of rotatable bonds is 2. The van der Waals surface area contributed by atoms with Gasteiger partial charge in [0.15, 0.2) is 0 Å². The van der Waals surface area contributed by atoms with Gasteiger partial charge in [0.2, 0.25) is 5.91 Å². The minimum Gasteiger partial charge on any atom is -0.394 e. The van der Waals surface area contributed by atoms with Gasteiger partial charge >= 0.3 is 0 Å². The van der Waals surface area contributed by atoms with Crippen LogP contribution in [-0.2, 0) is 4.79 Å². The number of carbonyl (C=O) groups is 1. The fourth-order valence-corrected chi connectivity index (χ4v) is 3.42. The summed E-state index contributed by atoms with van der Waals surface area (Å²) in [6.45, 7) is 12.7. The van der Waals surface area contributed by atoms with Gasteiger partial charge in [-0.25, -0.2) is 0 Å². The van der Waals surface area contributed by atoms with Gasteiger partial charge in [-0.1, -0.05) is 0 Å². The molecule has 2 rings (SSSR count). The monoisotopic (exact) mass is 269 g/mol. The van der Waals surface area contributed by atoms with Crippen molar-refractivity contribution in [1.29, 1.82) is 0 Å². The summed E-state index contributed by atoms with van der Waals surface area (Å²) in [5.41, 5.74) is -0.294. The SMILES string of the molecule is CC(=O)N1C[C@@H]2CN(C(C)C)CCN2[C@](C)(CO)C1. The fourth-order valence-electron chi connectivity index (χ4n) is 3.42. The number of aliphatic hydroxyl groups excluding tert-OH is 1. The number of fused-ring (bicyclic) bond motifs is 1. The topological polar surface area (TPSA) is 47.0 Å². The maximum atomic E-state index is 11.7. The van der Waals surface area contributed by atoms with Gasteiger partial charge in [0.1, 0.15) is 0 Å². The van der Waals surface area contributed by atoms with Crippen LogP contribution in [-0.4, -0.2) is 82.7 Å². The highest BCUT2D eigenvalue weighted by Crippen LogP contribution is 2.28. The van der Waals surface area contributed by atoms with Crippen LogP contribution in [0.5, 0.6) is 0 Å². The Morgan fingerprint density at radius 1 is 1.37 bits per heavy atom. The van der Waals surface area contributed by atoms with Gasteiger partial charge in [-0.3, -0.25) is 14.6 Å². The molecule has 0 aromatic heterocycles. The third-order valence-corrected chi connectivity index (χ3v) is 4.69. The Morgan fingerprint density at radius 3 is 2.58 bits per heavy atom. The van der Waals surface area contributed by atoms with Crippen molar-refractivity contribution in [2.75, 3.05) is 39.3 Å².